The minimum atomic E-state index is 0.502. The van der Waals surface area contributed by atoms with Crippen LogP contribution in [0.2, 0.25) is 0 Å². The van der Waals surface area contributed by atoms with Gasteiger partial charge in [0.25, 0.3) is 0 Å². The van der Waals surface area contributed by atoms with Crippen LogP contribution in [0.1, 0.15) is 44.9 Å². The van der Waals surface area contributed by atoms with E-state index in [0.717, 1.165) is 30.1 Å². The van der Waals surface area contributed by atoms with Crippen LogP contribution in [0.25, 0.3) is 0 Å². The van der Waals surface area contributed by atoms with Gasteiger partial charge in [0.05, 0.1) is 0 Å². The van der Waals surface area contributed by atoms with Gasteiger partial charge in [0.15, 0.2) is 0 Å². The monoisotopic (exact) mass is 290 g/mol. The number of hydrogen-bond acceptors (Lipinski definition) is 6. The third-order valence-electron chi connectivity index (χ3n) is 4.93. The minimum absolute atomic E-state index is 0.502. The van der Waals surface area contributed by atoms with Gasteiger partial charge in [-0.25, -0.2) is 15.8 Å². The zero-order valence-corrected chi connectivity index (χ0v) is 13.0. The molecule has 3 heterocycles. The van der Waals surface area contributed by atoms with Crippen molar-refractivity contribution in [2.45, 2.75) is 63.6 Å². The molecule has 6 heteroatoms. The third-order valence-corrected chi connectivity index (χ3v) is 4.93. The second-order valence-corrected chi connectivity index (χ2v) is 6.27. The van der Waals surface area contributed by atoms with Gasteiger partial charge in [0.1, 0.15) is 17.5 Å². The lowest BCUT2D eigenvalue weighted by molar-refractivity contribution is 0.0608. The number of nitrogens with one attached hydrogen (secondary N) is 2. The number of nitrogen functional groups attached to an aromatic ring is 1. The van der Waals surface area contributed by atoms with E-state index in [0.29, 0.717) is 11.9 Å². The Morgan fingerprint density at radius 2 is 1.90 bits per heavy atom. The molecule has 0 spiro atoms. The predicted octanol–water partition coefficient (Wildman–Crippen LogP) is 1.75. The Balaban J connectivity index is 1.72. The van der Waals surface area contributed by atoms with Crippen LogP contribution in [-0.2, 0) is 6.42 Å². The molecule has 2 unspecified atom stereocenters. The van der Waals surface area contributed by atoms with E-state index in [1.165, 1.54) is 32.1 Å². The molecule has 0 saturated carbocycles. The highest BCUT2D eigenvalue weighted by Crippen LogP contribution is 2.33. The standard InChI is InChI=1S/C15H26N6/c1-3-13-18-14(9-15(19-13)20-16)17-10-7-11-5-4-6-12(8-10)21(11)2/h9-12H,3-8,16H2,1-2H3,(H2,17,18,19,20). The second kappa shape index (κ2) is 6.15. The highest BCUT2D eigenvalue weighted by molar-refractivity contribution is 5.47. The summed E-state index contributed by atoms with van der Waals surface area (Å²) < 4.78 is 0. The Bertz CT molecular complexity index is 455. The number of nitrogens with zero attached hydrogens (tertiary/aromatic N) is 3. The van der Waals surface area contributed by atoms with Gasteiger partial charge in [-0.3, -0.25) is 0 Å². The fourth-order valence-corrected chi connectivity index (χ4v) is 3.75. The zero-order valence-electron chi connectivity index (χ0n) is 13.0. The molecule has 3 rings (SSSR count). The molecule has 2 aliphatic rings. The van der Waals surface area contributed by atoms with Crippen molar-refractivity contribution in [2.24, 2.45) is 5.84 Å². The normalized spacial score (nSPS) is 29.2. The van der Waals surface area contributed by atoms with Crippen molar-refractivity contribution >= 4 is 11.6 Å². The molecule has 0 aromatic carbocycles. The predicted molar refractivity (Wildman–Crippen MR) is 85.1 cm³/mol. The largest absolute Gasteiger partial charge is 0.367 e. The summed E-state index contributed by atoms with van der Waals surface area (Å²) in [6, 6.07) is 3.83. The van der Waals surface area contributed by atoms with Crippen LogP contribution in [0, 0.1) is 0 Å². The van der Waals surface area contributed by atoms with Crippen LogP contribution >= 0.6 is 0 Å². The number of rotatable bonds is 4. The van der Waals surface area contributed by atoms with Gasteiger partial charge in [-0.2, -0.15) is 0 Å². The molecule has 0 aliphatic carbocycles. The molecular formula is C15H26N6. The molecule has 1 aromatic heterocycles. The summed E-state index contributed by atoms with van der Waals surface area (Å²) in [6.07, 6.45) is 7.23. The molecule has 0 amide bonds. The molecule has 2 atom stereocenters. The number of aromatic nitrogens is 2. The Morgan fingerprint density at radius 1 is 1.24 bits per heavy atom. The number of fused-ring (bicyclic) bond motifs is 2. The molecule has 21 heavy (non-hydrogen) atoms. The summed E-state index contributed by atoms with van der Waals surface area (Å²) >= 11 is 0. The molecule has 6 nitrogen and oxygen atoms in total. The van der Waals surface area contributed by atoms with Crippen LogP contribution in [0.15, 0.2) is 6.07 Å². The second-order valence-electron chi connectivity index (χ2n) is 6.27. The average molecular weight is 290 g/mol. The number of anilines is 2. The van der Waals surface area contributed by atoms with Crippen LogP contribution in [-0.4, -0.2) is 40.0 Å². The van der Waals surface area contributed by atoms with Crippen LogP contribution in [0.4, 0.5) is 11.6 Å². The summed E-state index contributed by atoms with van der Waals surface area (Å²) in [5, 5.41) is 3.61. The maximum Gasteiger partial charge on any atom is 0.145 e. The van der Waals surface area contributed by atoms with Gasteiger partial charge in [0, 0.05) is 30.6 Å². The molecule has 4 N–H and O–H groups in total. The molecule has 116 valence electrons. The van der Waals surface area contributed by atoms with E-state index in [2.05, 4.69) is 39.6 Å². The van der Waals surface area contributed by atoms with Crippen molar-refractivity contribution < 1.29 is 0 Å². The SMILES string of the molecule is CCc1nc(NN)cc(NC2CC3CCCC(C2)N3C)n1. The third kappa shape index (κ3) is 3.11. The molecule has 0 radical (unpaired) electrons. The summed E-state index contributed by atoms with van der Waals surface area (Å²) in [5.74, 6) is 7.88. The van der Waals surface area contributed by atoms with Gasteiger partial charge in [-0.15, -0.1) is 0 Å². The van der Waals surface area contributed by atoms with Crippen molar-refractivity contribution in [1.29, 1.82) is 0 Å². The lowest BCUT2D eigenvalue weighted by atomic mass is 9.82. The Hall–Kier alpha value is -1.40. The van der Waals surface area contributed by atoms with Gasteiger partial charge < -0.3 is 15.6 Å². The summed E-state index contributed by atoms with van der Waals surface area (Å²) in [5.41, 5.74) is 2.63. The molecule has 2 aliphatic heterocycles. The van der Waals surface area contributed by atoms with Gasteiger partial charge in [-0.05, 0) is 32.7 Å². The number of aryl methyl sites for hydroxylation is 1. The molecule has 1 aromatic rings. The van der Waals surface area contributed by atoms with Crippen molar-refractivity contribution in [3.63, 3.8) is 0 Å². The first-order chi connectivity index (χ1) is 10.2. The first-order valence-corrected chi connectivity index (χ1v) is 8.02. The Morgan fingerprint density at radius 3 is 2.52 bits per heavy atom. The van der Waals surface area contributed by atoms with Gasteiger partial charge in [0.2, 0.25) is 0 Å². The van der Waals surface area contributed by atoms with E-state index >= 15 is 0 Å². The first kappa shape index (κ1) is 14.5. The quantitative estimate of drug-likeness (QED) is 0.579. The van der Waals surface area contributed by atoms with Crippen LogP contribution in [0.3, 0.4) is 0 Å². The highest BCUT2D eigenvalue weighted by atomic mass is 15.3. The van der Waals surface area contributed by atoms with E-state index in [1.807, 2.05) is 6.07 Å². The molecule has 2 fully saturated rings. The van der Waals surface area contributed by atoms with Crippen LogP contribution in [0.5, 0.6) is 0 Å². The van der Waals surface area contributed by atoms with Crippen molar-refractivity contribution in [1.82, 2.24) is 14.9 Å². The molecule has 2 bridgehead atoms. The maximum atomic E-state index is 5.49. The zero-order chi connectivity index (χ0) is 14.8. The van der Waals surface area contributed by atoms with E-state index in [-0.39, 0.29) is 0 Å². The topological polar surface area (TPSA) is 79.1 Å². The van der Waals surface area contributed by atoms with Crippen molar-refractivity contribution in [3.8, 4) is 0 Å². The van der Waals surface area contributed by atoms with E-state index < -0.39 is 0 Å². The Kier molecular flexibility index (Phi) is 4.26. The maximum absolute atomic E-state index is 5.49. The number of piperidine rings is 2. The van der Waals surface area contributed by atoms with E-state index in [9.17, 15) is 0 Å². The average Bonchev–Trinajstić information content (AvgIpc) is 2.48. The highest BCUT2D eigenvalue weighted by Gasteiger charge is 2.35. The number of hydrazine groups is 1. The summed E-state index contributed by atoms with van der Waals surface area (Å²) in [6.45, 7) is 2.05. The van der Waals surface area contributed by atoms with E-state index in [4.69, 9.17) is 5.84 Å². The molecular weight excluding hydrogens is 264 g/mol. The number of hydrogen-bond donors (Lipinski definition) is 3. The van der Waals surface area contributed by atoms with Crippen molar-refractivity contribution in [3.05, 3.63) is 11.9 Å². The van der Waals surface area contributed by atoms with Crippen molar-refractivity contribution in [2.75, 3.05) is 17.8 Å². The Labute approximate surface area is 126 Å². The minimum Gasteiger partial charge on any atom is -0.367 e. The summed E-state index contributed by atoms with van der Waals surface area (Å²) in [4.78, 5) is 11.5. The van der Waals surface area contributed by atoms with Gasteiger partial charge in [-0.1, -0.05) is 13.3 Å². The first-order valence-electron chi connectivity index (χ1n) is 8.02. The smallest absolute Gasteiger partial charge is 0.145 e. The van der Waals surface area contributed by atoms with E-state index in [1.54, 1.807) is 0 Å². The number of nitrogens with two attached hydrogens (primary N) is 1. The lowest BCUT2D eigenvalue weighted by Gasteiger charge is -2.47. The van der Waals surface area contributed by atoms with Crippen LogP contribution < -0.4 is 16.6 Å². The fraction of sp³-hybridized carbons (Fsp3) is 0.733. The lowest BCUT2D eigenvalue weighted by Crippen LogP contribution is -2.52. The van der Waals surface area contributed by atoms with Gasteiger partial charge >= 0.3 is 0 Å². The molecule has 2 saturated heterocycles. The fourth-order valence-electron chi connectivity index (χ4n) is 3.75. The summed E-state index contributed by atoms with van der Waals surface area (Å²) in [7, 11) is 2.28.